The van der Waals surface area contributed by atoms with Gasteiger partial charge in [0.2, 0.25) is 0 Å². The average molecular weight is 692 g/mol. The number of fused-ring (bicyclic) bond motifs is 1. The lowest BCUT2D eigenvalue weighted by molar-refractivity contribution is -0.137. The number of halogens is 4. The molecule has 9 heteroatoms. The summed E-state index contributed by atoms with van der Waals surface area (Å²) in [6.07, 6.45) is 3.02. The standard InChI is InChI=1S/C37H38BrF3N4O/c38-31-14-8-13-29-32(35(46)43-36(17-18-36)26-10-3-1-4-11-26)30(24-44-21-15-28(16-22-44)45-19-5-2-6-20-45)33(42-34(29)31)25-9-7-12-27(23-25)37(39,40)41/h1,3-4,7-14,23,28H,2,5-6,15-22,24H2,(H,43,46). The molecular formula is C37H38BrF3N4O. The molecule has 0 spiro atoms. The van der Waals surface area contributed by atoms with Crippen LogP contribution in [0.25, 0.3) is 22.2 Å². The molecule has 3 fully saturated rings. The minimum absolute atomic E-state index is 0.224. The highest BCUT2D eigenvalue weighted by molar-refractivity contribution is 9.10. The first-order valence-corrected chi connectivity index (χ1v) is 17.1. The lowest BCUT2D eigenvalue weighted by Gasteiger charge is -2.40. The summed E-state index contributed by atoms with van der Waals surface area (Å²) in [6, 6.07) is 21.5. The number of para-hydroxylation sites is 1. The number of benzene rings is 3. The van der Waals surface area contributed by atoms with Crippen molar-refractivity contribution in [3.05, 3.63) is 99.5 Å². The summed E-state index contributed by atoms with van der Waals surface area (Å²) in [5, 5.41) is 4.05. The van der Waals surface area contributed by atoms with E-state index in [-0.39, 0.29) is 5.91 Å². The molecule has 1 saturated carbocycles. The summed E-state index contributed by atoms with van der Waals surface area (Å²) in [6.45, 7) is 4.45. The number of hydrogen-bond acceptors (Lipinski definition) is 4. The molecule has 2 saturated heterocycles. The zero-order chi connectivity index (χ0) is 31.9. The molecule has 2 aliphatic heterocycles. The first-order chi connectivity index (χ1) is 22.2. The van der Waals surface area contributed by atoms with Crippen LogP contribution in [0.4, 0.5) is 13.2 Å². The van der Waals surface area contributed by atoms with Crippen molar-refractivity contribution in [1.82, 2.24) is 20.1 Å². The maximum Gasteiger partial charge on any atom is 0.416 e. The number of nitrogens with zero attached hydrogens (tertiary/aromatic N) is 3. The topological polar surface area (TPSA) is 48.5 Å². The third-order valence-corrected chi connectivity index (χ3v) is 10.7. The van der Waals surface area contributed by atoms with Gasteiger partial charge >= 0.3 is 6.18 Å². The minimum atomic E-state index is -4.50. The van der Waals surface area contributed by atoms with E-state index in [1.165, 1.54) is 25.3 Å². The van der Waals surface area contributed by atoms with Crippen LogP contribution in [0.2, 0.25) is 0 Å². The second-order valence-corrected chi connectivity index (χ2v) is 13.9. The van der Waals surface area contributed by atoms with Crippen LogP contribution in [0.15, 0.2) is 77.3 Å². The van der Waals surface area contributed by atoms with Gasteiger partial charge < -0.3 is 10.2 Å². The molecule has 4 aromatic rings. The fourth-order valence-electron chi connectivity index (χ4n) is 7.38. The van der Waals surface area contributed by atoms with Crippen molar-refractivity contribution in [1.29, 1.82) is 0 Å². The van der Waals surface area contributed by atoms with E-state index in [0.717, 1.165) is 69.6 Å². The highest BCUT2D eigenvalue weighted by Gasteiger charge is 2.46. The predicted octanol–water partition coefficient (Wildman–Crippen LogP) is 8.55. The molecule has 240 valence electrons. The Morgan fingerprint density at radius 1 is 0.913 bits per heavy atom. The third kappa shape index (κ3) is 6.34. The van der Waals surface area contributed by atoms with Crippen LogP contribution < -0.4 is 5.32 Å². The number of carbonyl (C=O) groups excluding carboxylic acids is 1. The van der Waals surface area contributed by atoms with Gasteiger partial charge in [0.1, 0.15) is 0 Å². The van der Waals surface area contributed by atoms with Gasteiger partial charge in [-0.05, 0) is 104 Å². The third-order valence-electron chi connectivity index (χ3n) is 10.0. The molecule has 3 aliphatic rings. The quantitative estimate of drug-likeness (QED) is 0.211. The van der Waals surface area contributed by atoms with Gasteiger partial charge in [0.15, 0.2) is 0 Å². The Morgan fingerprint density at radius 3 is 2.33 bits per heavy atom. The molecular weight excluding hydrogens is 653 g/mol. The highest BCUT2D eigenvalue weighted by atomic mass is 79.9. The van der Waals surface area contributed by atoms with E-state index in [2.05, 4.69) is 31.0 Å². The number of likely N-dealkylation sites (tertiary alicyclic amines) is 2. The molecule has 3 heterocycles. The van der Waals surface area contributed by atoms with Crippen molar-refractivity contribution in [2.45, 2.75) is 69.2 Å². The molecule has 46 heavy (non-hydrogen) atoms. The van der Waals surface area contributed by atoms with E-state index in [9.17, 15) is 18.0 Å². The van der Waals surface area contributed by atoms with Gasteiger partial charge in [-0.2, -0.15) is 13.2 Å². The Bertz CT molecular complexity index is 1730. The normalized spacial score (nSPS) is 19.3. The summed E-state index contributed by atoms with van der Waals surface area (Å²) in [4.78, 5) is 24.5. The second kappa shape index (κ2) is 12.7. The van der Waals surface area contributed by atoms with Crippen LogP contribution in [-0.2, 0) is 18.3 Å². The van der Waals surface area contributed by atoms with Gasteiger partial charge in [0.05, 0.1) is 27.9 Å². The van der Waals surface area contributed by atoms with Gasteiger partial charge in [-0.25, -0.2) is 4.98 Å². The number of piperidine rings is 2. The maximum atomic E-state index is 14.6. The number of pyridine rings is 1. The SMILES string of the molecule is O=C(NC1(c2ccccc2)CC1)c1c(CN2CCC(N3CCCCC3)CC2)c(-c2cccc(C(F)(F)F)c2)nc2c(Br)cccc12. The lowest BCUT2D eigenvalue weighted by atomic mass is 9.93. The summed E-state index contributed by atoms with van der Waals surface area (Å²) in [7, 11) is 0. The molecule has 1 N–H and O–H groups in total. The molecule has 0 bridgehead atoms. The average Bonchev–Trinajstić information content (AvgIpc) is 3.86. The van der Waals surface area contributed by atoms with Gasteiger partial charge in [-0.3, -0.25) is 9.69 Å². The number of alkyl halides is 3. The number of nitrogens with one attached hydrogen (secondary N) is 1. The molecule has 1 aromatic heterocycles. The van der Waals surface area contributed by atoms with E-state index in [1.807, 2.05) is 48.5 Å². The molecule has 0 atom stereocenters. The Kier molecular flexibility index (Phi) is 8.67. The molecule has 0 unspecified atom stereocenters. The molecule has 5 nitrogen and oxygen atoms in total. The molecule has 3 aromatic carbocycles. The Balaban J connectivity index is 1.32. The largest absolute Gasteiger partial charge is 0.416 e. The Hall–Kier alpha value is -3.27. The van der Waals surface area contributed by atoms with Crippen LogP contribution in [0.3, 0.4) is 0 Å². The molecule has 0 radical (unpaired) electrons. The molecule has 1 aliphatic carbocycles. The van der Waals surface area contributed by atoms with Crippen molar-refractivity contribution in [2.75, 3.05) is 26.2 Å². The summed E-state index contributed by atoms with van der Waals surface area (Å²) in [5.74, 6) is -0.224. The summed E-state index contributed by atoms with van der Waals surface area (Å²) < 4.78 is 42.4. The van der Waals surface area contributed by atoms with E-state index in [0.29, 0.717) is 50.3 Å². The lowest BCUT2D eigenvalue weighted by Crippen LogP contribution is -2.46. The van der Waals surface area contributed by atoms with Crippen LogP contribution in [-0.4, -0.2) is 52.9 Å². The van der Waals surface area contributed by atoms with E-state index in [1.54, 1.807) is 6.07 Å². The fraction of sp³-hybridized carbons (Fsp3) is 0.405. The minimum Gasteiger partial charge on any atom is -0.342 e. The van der Waals surface area contributed by atoms with Gasteiger partial charge in [0.25, 0.3) is 5.91 Å². The monoisotopic (exact) mass is 690 g/mol. The fourth-order valence-corrected chi connectivity index (χ4v) is 7.84. The Morgan fingerprint density at radius 2 is 1.63 bits per heavy atom. The van der Waals surface area contributed by atoms with Crippen LogP contribution in [0.1, 0.15) is 72.0 Å². The van der Waals surface area contributed by atoms with Crippen molar-refractivity contribution in [2.24, 2.45) is 0 Å². The Labute approximate surface area is 276 Å². The van der Waals surface area contributed by atoms with Crippen molar-refractivity contribution in [3.63, 3.8) is 0 Å². The molecule has 7 rings (SSSR count). The van der Waals surface area contributed by atoms with Gasteiger partial charge in [-0.15, -0.1) is 0 Å². The van der Waals surface area contributed by atoms with Crippen LogP contribution >= 0.6 is 15.9 Å². The van der Waals surface area contributed by atoms with Crippen LogP contribution in [0.5, 0.6) is 0 Å². The summed E-state index contributed by atoms with van der Waals surface area (Å²) in [5.41, 5.74) is 2.34. The zero-order valence-corrected chi connectivity index (χ0v) is 27.3. The van der Waals surface area contributed by atoms with Gasteiger partial charge in [0, 0.05) is 33.6 Å². The predicted molar refractivity (Wildman–Crippen MR) is 178 cm³/mol. The van der Waals surface area contributed by atoms with E-state index in [4.69, 9.17) is 4.98 Å². The summed E-state index contributed by atoms with van der Waals surface area (Å²) >= 11 is 3.62. The second-order valence-electron chi connectivity index (χ2n) is 13.0. The number of rotatable bonds is 7. The van der Waals surface area contributed by atoms with Gasteiger partial charge in [-0.1, -0.05) is 61.0 Å². The van der Waals surface area contributed by atoms with Crippen molar-refractivity contribution in [3.8, 4) is 11.3 Å². The first-order valence-electron chi connectivity index (χ1n) is 16.3. The van der Waals surface area contributed by atoms with Crippen molar-refractivity contribution < 1.29 is 18.0 Å². The first kappa shape index (κ1) is 31.3. The maximum absolute atomic E-state index is 14.6. The smallest absolute Gasteiger partial charge is 0.342 e. The van der Waals surface area contributed by atoms with E-state index >= 15 is 0 Å². The number of carbonyl (C=O) groups is 1. The zero-order valence-electron chi connectivity index (χ0n) is 25.8. The molecule has 1 amide bonds. The van der Waals surface area contributed by atoms with Crippen molar-refractivity contribution >= 4 is 32.7 Å². The van der Waals surface area contributed by atoms with E-state index < -0.39 is 17.3 Å². The number of hydrogen-bond donors (Lipinski definition) is 1. The number of amides is 1. The van der Waals surface area contributed by atoms with Crippen LogP contribution in [0, 0.1) is 0 Å². The number of aromatic nitrogens is 1. The highest BCUT2D eigenvalue weighted by Crippen LogP contribution is 2.46.